The molecule has 5 nitrogen and oxygen atoms in total. The number of para-hydroxylation sites is 1. The van der Waals surface area contributed by atoms with Gasteiger partial charge in [-0.1, -0.05) is 18.2 Å². The number of nitrogens with one attached hydrogen (secondary N) is 2. The number of amides is 1. The van der Waals surface area contributed by atoms with Crippen LogP contribution in [0.2, 0.25) is 0 Å². The van der Waals surface area contributed by atoms with Crippen molar-refractivity contribution in [3.05, 3.63) is 78.6 Å². The van der Waals surface area contributed by atoms with Gasteiger partial charge in [0.2, 0.25) is 0 Å². The van der Waals surface area contributed by atoms with Gasteiger partial charge in [0.25, 0.3) is 5.91 Å². The molecular weight excluding hydrogens is 326 g/mol. The van der Waals surface area contributed by atoms with Crippen LogP contribution in [0.4, 0.5) is 17.1 Å². The number of carbonyl (C=O) groups excluding carboxylic acids is 1. The van der Waals surface area contributed by atoms with Gasteiger partial charge < -0.3 is 15.4 Å². The lowest BCUT2D eigenvalue weighted by Crippen LogP contribution is -2.13. The molecule has 132 valence electrons. The molecule has 0 atom stereocenters. The molecule has 0 radical (unpaired) electrons. The molecule has 26 heavy (non-hydrogen) atoms. The lowest BCUT2D eigenvalue weighted by atomic mass is 10.2. The Morgan fingerprint density at radius 1 is 0.885 bits per heavy atom. The van der Waals surface area contributed by atoms with Crippen molar-refractivity contribution in [3.8, 4) is 5.75 Å². The second-order valence-electron chi connectivity index (χ2n) is 6.07. The summed E-state index contributed by atoms with van der Waals surface area (Å²) in [4.78, 5) is 16.4. The van der Waals surface area contributed by atoms with Gasteiger partial charge in [0.15, 0.2) is 0 Å². The summed E-state index contributed by atoms with van der Waals surface area (Å²) >= 11 is 0. The molecule has 0 bridgehead atoms. The topological polar surface area (TPSA) is 63.2 Å². The van der Waals surface area contributed by atoms with E-state index in [0.717, 1.165) is 22.8 Å². The van der Waals surface area contributed by atoms with Crippen LogP contribution in [-0.4, -0.2) is 17.0 Å². The van der Waals surface area contributed by atoms with Crippen LogP contribution in [0.15, 0.2) is 72.9 Å². The minimum Gasteiger partial charge on any atom is -0.491 e. The average molecular weight is 347 g/mol. The number of hydrogen-bond donors (Lipinski definition) is 2. The van der Waals surface area contributed by atoms with E-state index in [9.17, 15) is 4.79 Å². The van der Waals surface area contributed by atoms with Gasteiger partial charge in [-0.25, -0.2) is 4.98 Å². The fourth-order valence-corrected chi connectivity index (χ4v) is 2.37. The third-order valence-electron chi connectivity index (χ3n) is 3.54. The molecule has 2 N–H and O–H groups in total. The number of ether oxygens (including phenoxy) is 1. The summed E-state index contributed by atoms with van der Waals surface area (Å²) in [6.45, 7) is 3.99. The largest absolute Gasteiger partial charge is 0.491 e. The van der Waals surface area contributed by atoms with E-state index in [1.807, 2.05) is 74.5 Å². The first-order valence-corrected chi connectivity index (χ1v) is 8.46. The maximum atomic E-state index is 12.2. The van der Waals surface area contributed by atoms with Crippen LogP contribution in [0.1, 0.15) is 24.3 Å². The summed E-state index contributed by atoms with van der Waals surface area (Å²) in [7, 11) is 0. The van der Waals surface area contributed by atoms with E-state index in [1.165, 1.54) is 0 Å². The molecule has 1 heterocycles. The van der Waals surface area contributed by atoms with E-state index in [1.54, 1.807) is 12.3 Å². The maximum absolute atomic E-state index is 12.2. The molecule has 0 aliphatic carbocycles. The number of nitrogens with zero attached hydrogens (tertiary/aromatic N) is 1. The third-order valence-corrected chi connectivity index (χ3v) is 3.54. The van der Waals surface area contributed by atoms with Crippen LogP contribution in [-0.2, 0) is 0 Å². The molecule has 0 spiro atoms. The van der Waals surface area contributed by atoms with Gasteiger partial charge in [-0.05, 0) is 62.4 Å². The molecule has 3 rings (SSSR count). The van der Waals surface area contributed by atoms with Gasteiger partial charge in [-0.3, -0.25) is 4.79 Å². The fraction of sp³-hybridized carbons (Fsp3) is 0.143. The Bertz CT molecular complexity index is 845. The number of anilines is 3. The minimum atomic E-state index is -0.238. The maximum Gasteiger partial charge on any atom is 0.274 e. The van der Waals surface area contributed by atoms with Crippen molar-refractivity contribution >= 4 is 23.0 Å². The molecule has 0 unspecified atom stereocenters. The molecule has 0 saturated carbocycles. The fourth-order valence-electron chi connectivity index (χ4n) is 2.37. The Hall–Kier alpha value is -3.34. The lowest BCUT2D eigenvalue weighted by Gasteiger charge is -2.11. The number of carbonyl (C=O) groups is 1. The Morgan fingerprint density at radius 2 is 1.58 bits per heavy atom. The summed E-state index contributed by atoms with van der Waals surface area (Å²) in [5, 5.41) is 6.06. The van der Waals surface area contributed by atoms with Gasteiger partial charge in [-0.15, -0.1) is 0 Å². The predicted molar refractivity (Wildman–Crippen MR) is 104 cm³/mol. The Kier molecular flexibility index (Phi) is 5.49. The van der Waals surface area contributed by atoms with Gasteiger partial charge in [0.1, 0.15) is 11.4 Å². The van der Waals surface area contributed by atoms with E-state index in [0.29, 0.717) is 5.69 Å². The average Bonchev–Trinajstić information content (AvgIpc) is 2.64. The van der Waals surface area contributed by atoms with Crippen molar-refractivity contribution in [1.29, 1.82) is 0 Å². The number of hydrogen-bond acceptors (Lipinski definition) is 4. The lowest BCUT2D eigenvalue weighted by molar-refractivity contribution is 0.102. The van der Waals surface area contributed by atoms with Crippen LogP contribution < -0.4 is 15.4 Å². The molecule has 3 aromatic rings. The zero-order valence-electron chi connectivity index (χ0n) is 14.8. The second-order valence-corrected chi connectivity index (χ2v) is 6.07. The van der Waals surface area contributed by atoms with Crippen molar-refractivity contribution in [1.82, 2.24) is 4.98 Å². The Balaban J connectivity index is 1.61. The van der Waals surface area contributed by atoms with Gasteiger partial charge in [-0.2, -0.15) is 0 Å². The van der Waals surface area contributed by atoms with Crippen LogP contribution in [0.5, 0.6) is 5.75 Å². The SMILES string of the molecule is CC(C)Oc1ccc(Nc2ccc(C(=O)Nc3ccccc3)nc2)cc1. The molecule has 0 aliphatic heterocycles. The molecule has 0 fully saturated rings. The highest BCUT2D eigenvalue weighted by atomic mass is 16.5. The van der Waals surface area contributed by atoms with E-state index in [4.69, 9.17) is 4.74 Å². The zero-order valence-corrected chi connectivity index (χ0v) is 14.8. The normalized spacial score (nSPS) is 10.4. The van der Waals surface area contributed by atoms with Crippen molar-refractivity contribution in [2.75, 3.05) is 10.6 Å². The predicted octanol–water partition coefficient (Wildman–Crippen LogP) is 4.86. The summed E-state index contributed by atoms with van der Waals surface area (Å²) in [5.41, 5.74) is 2.83. The van der Waals surface area contributed by atoms with Gasteiger partial charge in [0.05, 0.1) is 18.0 Å². The molecule has 2 aromatic carbocycles. The van der Waals surface area contributed by atoms with Crippen molar-refractivity contribution in [2.24, 2.45) is 0 Å². The van der Waals surface area contributed by atoms with Gasteiger partial charge in [0, 0.05) is 11.4 Å². The summed E-state index contributed by atoms with van der Waals surface area (Å²) in [5.74, 6) is 0.592. The highest BCUT2D eigenvalue weighted by Crippen LogP contribution is 2.20. The smallest absolute Gasteiger partial charge is 0.274 e. The quantitative estimate of drug-likeness (QED) is 0.668. The number of rotatable bonds is 6. The van der Waals surface area contributed by atoms with Crippen molar-refractivity contribution in [3.63, 3.8) is 0 Å². The minimum absolute atomic E-state index is 0.146. The summed E-state index contributed by atoms with van der Waals surface area (Å²) in [6.07, 6.45) is 1.78. The van der Waals surface area contributed by atoms with E-state index in [2.05, 4.69) is 15.6 Å². The molecule has 0 aliphatic rings. The van der Waals surface area contributed by atoms with Crippen LogP contribution in [0, 0.1) is 0 Å². The molecule has 5 heteroatoms. The molecule has 1 amide bonds. The first kappa shape index (κ1) is 17.5. The molecular formula is C21H21N3O2. The molecule has 1 aromatic heterocycles. The first-order valence-electron chi connectivity index (χ1n) is 8.46. The standard InChI is InChI=1S/C21H21N3O2/c1-15(2)26-19-11-8-17(9-12-19)23-18-10-13-20(22-14-18)21(25)24-16-6-4-3-5-7-16/h3-15,23H,1-2H3,(H,24,25). The third kappa shape index (κ3) is 4.83. The highest BCUT2D eigenvalue weighted by molar-refractivity contribution is 6.02. The molecule has 0 saturated heterocycles. The Morgan fingerprint density at radius 3 is 2.19 bits per heavy atom. The van der Waals surface area contributed by atoms with Crippen LogP contribution in [0.25, 0.3) is 0 Å². The monoisotopic (exact) mass is 347 g/mol. The van der Waals surface area contributed by atoms with Crippen LogP contribution >= 0.6 is 0 Å². The Labute approximate surface area is 153 Å². The second kappa shape index (κ2) is 8.16. The zero-order chi connectivity index (χ0) is 18.4. The van der Waals surface area contributed by atoms with E-state index < -0.39 is 0 Å². The number of pyridine rings is 1. The number of benzene rings is 2. The van der Waals surface area contributed by atoms with Crippen molar-refractivity contribution < 1.29 is 9.53 Å². The van der Waals surface area contributed by atoms with Crippen molar-refractivity contribution in [2.45, 2.75) is 20.0 Å². The summed E-state index contributed by atoms with van der Waals surface area (Å²) in [6, 6.07) is 20.5. The summed E-state index contributed by atoms with van der Waals surface area (Å²) < 4.78 is 5.63. The van der Waals surface area contributed by atoms with Crippen LogP contribution in [0.3, 0.4) is 0 Å². The number of aromatic nitrogens is 1. The first-order chi connectivity index (χ1) is 12.6. The van der Waals surface area contributed by atoms with Gasteiger partial charge >= 0.3 is 0 Å². The highest BCUT2D eigenvalue weighted by Gasteiger charge is 2.07. The van der Waals surface area contributed by atoms with E-state index in [-0.39, 0.29) is 12.0 Å². The van der Waals surface area contributed by atoms with E-state index >= 15 is 0 Å².